The molecule has 0 saturated carbocycles. The third-order valence-electron chi connectivity index (χ3n) is 2.88. The van der Waals surface area contributed by atoms with Crippen molar-refractivity contribution in [3.8, 4) is 0 Å². The Hall–Kier alpha value is -1.56. The molecule has 5 nitrogen and oxygen atoms in total. The molecule has 1 fully saturated rings. The highest BCUT2D eigenvalue weighted by Crippen LogP contribution is 2.25. The van der Waals surface area contributed by atoms with Gasteiger partial charge in [0.1, 0.15) is 0 Å². The molecular weight excluding hydrogens is 268 g/mol. The van der Waals surface area contributed by atoms with Crippen molar-refractivity contribution in [3.63, 3.8) is 0 Å². The maximum atomic E-state index is 10.9. The van der Waals surface area contributed by atoms with Crippen molar-refractivity contribution >= 4 is 29.3 Å². The molecule has 0 aliphatic carbocycles. The fourth-order valence-electron chi connectivity index (χ4n) is 1.87. The van der Waals surface area contributed by atoms with Crippen LogP contribution < -0.4 is 10.4 Å². The molecular formula is C13H15ClN2O3. The SMILES string of the molecule is O=C(/C=C/c1ccc(N2CCOCC2)cc1Cl)NO. The molecule has 0 radical (unpaired) electrons. The van der Waals surface area contributed by atoms with Crippen molar-refractivity contribution in [2.45, 2.75) is 0 Å². The van der Waals surface area contributed by atoms with Crippen molar-refractivity contribution in [1.82, 2.24) is 5.48 Å². The number of nitrogens with one attached hydrogen (secondary N) is 1. The Balaban J connectivity index is 2.12. The molecule has 6 heteroatoms. The summed E-state index contributed by atoms with van der Waals surface area (Å²) in [7, 11) is 0. The third-order valence-corrected chi connectivity index (χ3v) is 3.21. The van der Waals surface area contributed by atoms with Gasteiger partial charge in [0.25, 0.3) is 5.91 Å². The van der Waals surface area contributed by atoms with Crippen LogP contribution in [-0.2, 0) is 9.53 Å². The van der Waals surface area contributed by atoms with Gasteiger partial charge in [0, 0.05) is 29.9 Å². The Labute approximate surface area is 116 Å². The van der Waals surface area contributed by atoms with E-state index in [2.05, 4.69) is 4.90 Å². The Morgan fingerprint density at radius 1 is 1.42 bits per heavy atom. The van der Waals surface area contributed by atoms with Gasteiger partial charge in [0.2, 0.25) is 0 Å². The summed E-state index contributed by atoms with van der Waals surface area (Å²) in [5.74, 6) is -0.590. The quantitative estimate of drug-likeness (QED) is 0.503. The van der Waals surface area contributed by atoms with Crippen LogP contribution in [0.2, 0.25) is 5.02 Å². The van der Waals surface area contributed by atoms with Gasteiger partial charge in [-0.1, -0.05) is 17.7 Å². The zero-order valence-electron chi connectivity index (χ0n) is 10.3. The topological polar surface area (TPSA) is 61.8 Å². The summed E-state index contributed by atoms with van der Waals surface area (Å²) in [4.78, 5) is 13.1. The van der Waals surface area contributed by atoms with Crippen molar-refractivity contribution in [2.24, 2.45) is 0 Å². The number of hydroxylamine groups is 1. The fraction of sp³-hybridized carbons (Fsp3) is 0.308. The molecule has 102 valence electrons. The van der Waals surface area contributed by atoms with E-state index in [1.807, 2.05) is 18.2 Å². The number of anilines is 1. The van der Waals surface area contributed by atoms with Crippen LogP contribution in [0.3, 0.4) is 0 Å². The molecule has 1 heterocycles. The summed E-state index contributed by atoms with van der Waals surface area (Å²) in [5, 5.41) is 8.96. The minimum atomic E-state index is -0.590. The lowest BCUT2D eigenvalue weighted by Crippen LogP contribution is -2.36. The van der Waals surface area contributed by atoms with Gasteiger partial charge in [-0.25, -0.2) is 5.48 Å². The zero-order chi connectivity index (χ0) is 13.7. The Morgan fingerprint density at radius 2 is 2.16 bits per heavy atom. The molecule has 1 saturated heterocycles. The van der Waals surface area contributed by atoms with Crippen molar-refractivity contribution in [2.75, 3.05) is 31.2 Å². The number of hydrogen-bond acceptors (Lipinski definition) is 4. The van der Waals surface area contributed by atoms with E-state index in [4.69, 9.17) is 21.5 Å². The summed E-state index contributed by atoms with van der Waals surface area (Å²) in [5.41, 5.74) is 3.29. The van der Waals surface area contributed by atoms with E-state index >= 15 is 0 Å². The van der Waals surface area contributed by atoms with Crippen LogP contribution in [0, 0.1) is 0 Å². The average Bonchev–Trinajstić information content (AvgIpc) is 2.46. The Bertz CT molecular complexity index is 485. The predicted molar refractivity (Wildman–Crippen MR) is 73.4 cm³/mol. The maximum absolute atomic E-state index is 10.9. The molecule has 0 aromatic heterocycles. The van der Waals surface area contributed by atoms with Crippen LogP contribution in [-0.4, -0.2) is 37.4 Å². The molecule has 19 heavy (non-hydrogen) atoms. The lowest BCUT2D eigenvalue weighted by Gasteiger charge is -2.29. The van der Waals surface area contributed by atoms with E-state index in [0.717, 1.165) is 37.6 Å². The molecule has 1 amide bonds. The molecule has 0 atom stereocenters. The van der Waals surface area contributed by atoms with Crippen LogP contribution in [0.15, 0.2) is 24.3 Å². The molecule has 1 aliphatic rings. The first-order valence-corrected chi connectivity index (χ1v) is 6.33. The number of hydrogen-bond donors (Lipinski definition) is 2. The van der Waals surface area contributed by atoms with Gasteiger partial charge >= 0.3 is 0 Å². The highest BCUT2D eigenvalue weighted by Gasteiger charge is 2.12. The van der Waals surface area contributed by atoms with E-state index in [-0.39, 0.29) is 0 Å². The van der Waals surface area contributed by atoms with Gasteiger partial charge in [0.15, 0.2) is 0 Å². The number of morpholine rings is 1. The van der Waals surface area contributed by atoms with E-state index in [0.29, 0.717) is 5.02 Å². The van der Waals surface area contributed by atoms with Gasteiger partial charge in [-0.2, -0.15) is 0 Å². The Morgan fingerprint density at radius 3 is 2.79 bits per heavy atom. The molecule has 1 aliphatic heterocycles. The van der Waals surface area contributed by atoms with Gasteiger partial charge in [-0.15, -0.1) is 0 Å². The van der Waals surface area contributed by atoms with Crippen molar-refractivity contribution in [1.29, 1.82) is 0 Å². The van der Waals surface area contributed by atoms with E-state index < -0.39 is 5.91 Å². The van der Waals surface area contributed by atoms with Gasteiger partial charge < -0.3 is 9.64 Å². The normalized spacial score (nSPS) is 15.8. The number of carbonyl (C=O) groups excluding carboxylic acids is 1. The number of benzene rings is 1. The number of amides is 1. The molecule has 0 bridgehead atoms. The standard InChI is InChI=1S/C13H15ClN2O3/c14-12-9-11(16-5-7-19-8-6-16)3-1-10(12)2-4-13(17)15-18/h1-4,9,18H,5-8H2,(H,15,17)/b4-2+. The van der Waals surface area contributed by atoms with Crippen LogP contribution in [0.5, 0.6) is 0 Å². The molecule has 0 unspecified atom stereocenters. The molecule has 2 rings (SSSR count). The highest BCUT2D eigenvalue weighted by atomic mass is 35.5. The smallest absolute Gasteiger partial charge is 0.267 e. The summed E-state index contributed by atoms with van der Waals surface area (Å²) < 4.78 is 5.30. The van der Waals surface area contributed by atoms with Crippen molar-refractivity contribution < 1.29 is 14.7 Å². The number of rotatable bonds is 3. The minimum absolute atomic E-state index is 0.561. The molecule has 0 spiro atoms. The van der Waals surface area contributed by atoms with Crippen LogP contribution >= 0.6 is 11.6 Å². The van der Waals surface area contributed by atoms with E-state index in [1.165, 1.54) is 11.6 Å². The molecule has 2 N–H and O–H groups in total. The summed E-state index contributed by atoms with van der Waals surface area (Å²) >= 11 is 6.17. The first-order valence-electron chi connectivity index (χ1n) is 5.95. The number of carbonyl (C=O) groups is 1. The highest BCUT2D eigenvalue weighted by molar-refractivity contribution is 6.32. The van der Waals surface area contributed by atoms with Gasteiger partial charge in [-0.05, 0) is 23.8 Å². The van der Waals surface area contributed by atoms with E-state index in [9.17, 15) is 4.79 Å². The lowest BCUT2D eigenvalue weighted by atomic mass is 10.1. The summed E-state index contributed by atoms with van der Waals surface area (Å²) in [6, 6.07) is 5.66. The number of ether oxygens (including phenoxy) is 1. The second kappa shape index (κ2) is 6.56. The van der Waals surface area contributed by atoms with Crippen LogP contribution in [0.25, 0.3) is 6.08 Å². The number of halogens is 1. The van der Waals surface area contributed by atoms with Crippen molar-refractivity contribution in [3.05, 3.63) is 34.9 Å². The Kier molecular flexibility index (Phi) is 4.79. The molecule has 1 aromatic carbocycles. The second-order valence-electron chi connectivity index (χ2n) is 4.11. The monoisotopic (exact) mass is 282 g/mol. The van der Waals surface area contributed by atoms with E-state index in [1.54, 1.807) is 6.08 Å². The lowest BCUT2D eigenvalue weighted by molar-refractivity contribution is -0.124. The summed E-state index contributed by atoms with van der Waals surface area (Å²) in [6.45, 7) is 3.13. The van der Waals surface area contributed by atoms with Gasteiger partial charge in [-0.3, -0.25) is 10.0 Å². The maximum Gasteiger partial charge on any atom is 0.267 e. The fourth-order valence-corrected chi connectivity index (χ4v) is 2.11. The predicted octanol–water partition coefficient (Wildman–Crippen LogP) is 1.70. The zero-order valence-corrected chi connectivity index (χ0v) is 11.1. The molecule has 1 aromatic rings. The summed E-state index contributed by atoms with van der Waals surface area (Å²) in [6.07, 6.45) is 2.77. The third kappa shape index (κ3) is 3.70. The second-order valence-corrected chi connectivity index (χ2v) is 4.52. The number of nitrogens with zero attached hydrogens (tertiary/aromatic N) is 1. The van der Waals surface area contributed by atoms with Gasteiger partial charge in [0.05, 0.1) is 13.2 Å². The minimum Gasteiger partial charge on any atom is -0.378 e. The first kappa shape index (κ1) is 13.9. The average molecular weight is 283 g/mol. The largest absolute Gasteiger partial charge is 0.378 e. The van der Waals surface area contributed by atoms with Crippen LogP contribution in [0.4, 0.5) is 5.69 Å². The van der Waals surface area contributed by atoms with Crippen LogP contribution in [0.1, 0.15) is 5.56 Å². The first-order chi connectivity index (χ1) is 9.20.